The number of ether oxygens (including phenoxy) is 2. The van der Waals surface area contributed by atoms with Gasteiger partial charge in [0.25, 0.3) is 0 Å². The molecule has 88 valence electrons. The van der Waals surface area contributed by atoms with Crippen LogP contribution in [0, 0.1) is 18.3 Å². The van der Waals surface area contributed by atoms with Crippen LogP contribution in [0.3, 0.4) is 0 Å². The van der Waals surface area contributed by atoms with Gasteiger partial charge in [0, 0.05) is 22.7 Å². The zero-order chi connectivity index (χ0) is 12.4. The second kappa shape index (κ2) is 4.38. The van der Waals surface area contributed by atoms with Crippen LogP contribution in [0.4, 0.5) is 0 Å². The van der Waals surface area contributed by atoms with Crippen molar-refractivity contribution in [2.75, 3.05) is 14.2 Å². The number of H-pyrrole nitrogens is 1. The fraction of sp³-hybridized carbons (Fsp3) is 0.308. The Balaban J connectivity index is 2.71. The first-order valence-corrected chi connectivity index (χ1v) is 5.31. The highest BCUT2D eigenvalue weighted by Gasteiger charge is 2.12. The summed E-state index contributed by atoms with van der Waals surface area (Å²) in [6.07, 6.45) is 0.390. The molecule has 0 radical (unpaired) electrons. The van der Waals surface area contributed by atoms with Crippen molar-refractivity contribution in [3.63, 3.8) is 0 Å². The molecule has 17 heavy (non-hydrogen) atoms. The Morgan fingerprint density at radius 3 is 2.47 bits per heavy atom. The summed E-state index contributed by atoms with van der Waals surface area (Å²) in [5, 5.41) is 9.84. The van der Waals surface area contributed by atoms with E-state index >= 15 is 0 Å². The average molecular weight is 230 g/mol. The van der Waals surface area contributed by atoms with Crippen LogP contribution in [0.15, 0.2) is 12.1 Å². The fourth-order valence-electron chi connectivity index (χ4n) is 2.02. The van der Waals surface area contributed by atoms with E-state index in [4.69, 9.17) is 14.7 Å². The summed E-state index contributed by atoms with van der Waals surface area (Å²) in [5.41, 5.74) is 2.99. The molecule has 0 amide bonds. The van der Waals surface area contributed by atoms with Crippen LogP contribution >= 0.6 is 0 Å². The minimum absolute atomic E-state index is 0.390. The third kappa shape index (κ3) is 1.80. The van der Waals surface area contributed by atoms with Crippen LogP contribution < -0.4 is 9.47 Å². The maximum atomic E-state index is 8.83. The van der Waals surface area contributed by atoms with Crippen LogP contribution in [0.1, 0.15) is 11.3 Å². The van der Waals surface area contributed by atoms with Crippen molar-refractivity contribution in [2.45, 2.75) is 13.3 Å². The summed E-state index contributed by atoms with van der Waals surface area (Å²) >= 11 is 0. The number of methoxy groups -OCH3 is 2. The SMILES string of the molecule is COc1cc2[nH]c(C)c(CC#N)c2cc1OC. The molecule has 0 atom stereocenters. The van der Waals surface area contributed by atoms with Crippen LogP contribution in [0.5, 0.6) is 11.5 Å². The van der Waals surface area contributed by atoms with E-state index in [1.807, 2.05) is 19.1 Å². The highest BCUT2D eigenvalue weighted by molar-refractivity contribution is 5.88. The van der Waals surface area contributed by atoms with Gasteiger partial charge in [-0.1, -0.05) is 0 Å². The van der Waals surface area contributed by atoms with Gasteiger partial charge < -0.3 is 14.5 Å². The van der Waals surface area contributed by atoms with E-state index in [0.717, 1.165) is 22.2 Å². The number of rotatable bonds is 3. The molecule has 1 heterocycles. The minimum atomic E-state index is 0.390. The first kappa shape index (κ1) is 11.3. The highest BCUT2D eigenvalue weighted by atomic mass is 16.5. The maximum absolute atomic E-state index is 8.83. The normalized spacial score (nSPS) is 10.2. The molecule has 0 unspecified atom stereocenters. The zero-order valence-electron chi connectivity index (χ0n) is 10.1. The van der Waals surface area contributed by atoms with Gasteiger partial charge >= 0.3 is 0 Å². The van der Waals surface area contributed by atoms with E-state index in [1.165, 1.54) is 0 Å². The molecule has 1 aromatic heterocycles. The first-order chi connectivity index (χ1) is 8.21. The number of benzene rings is 1. The monoisotopic (exact) mass is 230 g/mol. The third-order valence-electron chi connectivity index (χ3n) is 2.88. The third-order valence-corrected chi connectivity index (χ3v) is 2.88. The lowest BCUT2D eigenvalue weighted by molar-refractivity contribution is 0.356. The van der Waals surface area contributed by atoms with E-state index in [-0.39, 0.29) is 0 Å². The number of hydrogen-bond donors (Lipinski definition) is 1. The van der Waals surface area contributed by atoms with Gasteiger partial charge in [0.1, 0.15) is 0 Å². The molecule has 0 spiro atoms. The van der Waals surface area contributed by atoms with Crippen molar-refractivity contribution < 1.29 is 9.47 Å². The lowest BCUT2D eigenvalue weighted by atomic mass is 10.1. The van der Waals surface area contributed by atoms with Gasteiger partial charge in [-0.2, -0.15) is 5.26 Å². The molecule has 0 saturated carbocycles. The second-order valence-electron chi connectivity index (χ2n) is 3.82. The number of nitrogens with zero attached hydrogens (tertiary/aromatic N) is 1. The van der Waals surface area contributed by atoms with E-state index in [0.29, 0.717) is 17.9 Å². The summed E-state index contributed by atoms with van der Waals surface area (Å²) in [4.78, 5) is 3.25. The zero-order valence-corrected chi connectivity index (χ0v) is 10.1. The maximum Gasteiger partial charge on any atom is 0.162 e. The number of aryl methyl sites for hydroxylation is 1. The molecule has 1 aromatic carbocycles. The Morgan fingerprint density at radius 2 is 1.88 bits per heavy atom. The number of aromatic nitrogens is 1. The van der Waals surface area contributed by atoms with Gasteiger partial charge in [-0.05, 0) is 18.6 Å². The Kier molecular flexibility index (Phi) is 2.92. The van der Waals surface area contributed by atoms with E-state index in [2.05, 4.69) is 11.1 Å². The number of fused-ring (bicyclic) bond motifs is 1. The molecule has 0 saturated heterocycles. The topological polar surface area (TPSA) is 58.0 Å². The van der Waals surface area contributed by atoms with Crippen LogP contribution in [-0.4, -0.2) is 19.2 Å². The van der Waals surface area contributed by atoms with Crippen LogP contribution in [-0.2, 0) is 6.42 Å². The summed E-state index contributed by atoms with van der Waals surface area (Å²) in [5.74, 6) is 1.36. The Bertz CT molecular complexity index is 593. The summed E-state index contributed by atoms with van der Waals surface area (Å²) in [6.45, 7) is 1.96. The highest BCUT2D eigenvalue weighted by Crippen LogP contribution is 2.34. The molecular weight excluding hydrogens is 216 g/mol. The Labute approximate surface area is 99.8 Å². The number of hydrogen-bond acceptors (Lipinski definition) is 3. The van der Waals surface area contributed by atoms with Gasteiger partial charge in [-0.25, -0.2) is 0 Å². The Morgan fingerprint density at radius 1 is 1.24 bits per heavy atom. The van der Waals surface area contributed by atoms with E-state index < -0.39 is 0 Å². The smallest absolute Gasteiger partial charge is 0.162 e. The summed E-state index contributed by atoms with van der Waals surface area (Å²) < 4.78 is 10.5. The molecule has 1 N–H and O–H groups in total. The Hall–Kier alpha value is -2.15. The van der Waals surface area contributed by atoms with Gasteiger partial charge in [-0.15, -0.1) is 0 Å². The predicted molar refractivity (Wildman–Crippen MR) is 65.5 cm³/mol. The fourth-order valence-corrected chi connectivity index (χ4v) is 2.02. The van der Waals surface area contributed by atoms with Crippen LogP contribution in [0.2, 0.25) is 0 Å². The molecule has 4 nitrogen and oxygen atoms in total. The first-order valence-electron chi connectivity index (χ1n) is 5.31. The molecule has 0 aliphatic rings. The lowest BCUT2D eigenvalue weighted by Gasteiger charge is -2.07. The average Bonchev–Trinajstić information content (AvgIpc) is 2.64. The van der Waals surface area contributed by atoms with E-state index in [1.54, 1.807) is 14.2 Å². The van der Waals surface area contributed by atoms with Gasteiger partial charge in [0.2, 0.25) is 0 Å². The molecule has 2 rings (SSSR count). The van der Waals surface area contributed by atoms with Crippen LogP contribution in [0.25, 0.3) is 10.9 Å². The molecular formula is C13H14N2O2. The summed E-state index contributed by atoms with van der Waals surface area (Å²) in [6, 6.07) is 5.98. The number of nitrogens with one attached hydrogen (secondary N) is 1. The molecule has 0 aliphatic carbocycles. The quantitative estimate of drug-likeness (QED) is 0.881. The van der Waals surface area contributed by atoms with Crippen molar-refractivity contribution in [1.82, 2.24) is 4.98 Å². The van der Waals surface area contributed by atoms with Crippen molar-refractivity contribution in [3.05, 3.63) is 23.4 Å². The standard InChI is InChI=1S/C13H14N2O2/c1-8-9(4-5-14)10-6-12(16-2)13(17-3)7-11(10)15-8/h6-7,15H,4H2,1-3H3. The van der Waals surface area contributed by atoms with Crippen molar-refractivity contribution >= 4 is 10.9 Å². The van der Waals surface area contributed by atoms with Gasteiger partial charge in [-0.3, -0.25) is 0 Å². The van der Waals surface area contributed by atoms with E-state index in [9.17, 15) is 0 Å². The summed E-state index contributed by atoms with van der Waals surface area (Å²) in [7, 11) is 3.21. The van der Waals surface area contributed by atoms with Crippen molar-refractivity contribution in [2.24, 2.45) is 0 Å². The van der Waals surface area contributed by atoms with Gasteiger partial charge in [0.05, 0.1) is 26.7 Å². The lowest BCUT2D eigenvalue weighted by Crippen LogP contribution is -1.90. The number of aromatic amines is 1. The minimum Gasteiger partial charge on any atom is -0.493 e. The van der Waals surface area contributed by atoms with Gasteiger partial charge in [0.15, 0.2) is 11.5 Å². The molecule has 2 aromatic rings. The largest absolute Gasteiger partial charge is 0.493 e. The van der Waals surface area contributed by atoms with Crippen molar-refractivity contribution in [3.8, 4) is 17.6 Å². The molecule has 0 fully saturated rings. The van der Waals surface area contributed by atoms with Crippen molar-refractivity contribution in [1.29, 1.82) is 5.26 Å². The molecule has 0 aliphatic heterocycles. The molecule has 4 heteroatoms. The second-order valence-corrected chi connectivity index (χ2v) is 3.82. The number of nitriles is 1. The predicted octanol–water partition coefficient (Wildman–Crippen LogP) is 2.56. The molecule has 0 bridgehead atoms.